The van der Waals surface area contributed by atoms with Gasteiger partial charge in [0, 0.05) is 0 Å². The van der Waals surface area contributed by atoms with E-state index in [1.54, 1.807) is 37.3 Å². The van der Waals surface area contributed by atoms with Crippen molar-refractivity contribution in [3.63, 3.8) is 0 Å². The van der Waals surface area contributed by atoms with Crippen LogP contribution in [-0.2, 0) is 0 Å². The lowest BCUT2D eigenvalue weighted by Gasteiger charge is -1.99. The molecule has 0 saturated carbocycles. The van der Waals surface area contributed by atoms with Crippen LogP contribution in [0.15, 0.2) is 45.9 Å². The molecule has 120 valence electrons. The molecule has 0 atom stereocenters. The minimum absolute atomic E-state index is 0. The van der Waals surface area contributed by atoms with Gasteiger partial charge in [0.25, 0.3) is 5.95 Å². The van der Waals surface area contributed by atoms with E-state index in [4.69, 9.17) is 10.3 Å². The first kappa shape index (κ1) is 16.5. The summed E-state index contributed by atoms with van der Waals surface area (Å²) in [6.45, 7) is 1.72. The Balaban J connectivity index is 0.00000192. The van der Waals surface area contributed by atoms with Gasteiger partial charge in [0.05, 0.1) is 11.8 Å². The second-order valence-corrected chi connectivity index (χ2v) is 4.49. The normalized spacial score (nSPS) is 10.7. The van der Waals surface area contributed by atoms with Crippen LogP contribution in [-0.4, -0.2) is 21.1 Å². The molecule has 1 aromatic carbocycles. The molecule has 9 heteroatoms. The van der Waals surface area contributed by atoms with E-state index in [0.717, 1.165) is 0 Å². The van der Waals surface area contributed by atoms with Gasteiger partial charge >= 0.3 is 0 Å². The molecular formula is C14H14ClFN6O. The number of hydrogen-bond donors (Lipinski definition) is 2. The van der Waals surface area contributed by atoms with E-state index in [-0.39, 0.29) is 18.2 Å². The van der Waals surface area contributed by atoms with Crippen LogP contribution in [0.2, 0.25) is 0 Å². The molecule has 0 aliphatic carbocycles. The highest BCUT2D eigenvalue weighted by molar-refractivity contribution is 5.85. The Morgan fingerprint density at radius 2 is 2.04 bits per heavy atom. The number of anilines is 1. The van der Waals surface area contributed by atoms with Gasteiger partial charge in [-0.2, -0.15) is 5.10 Å². The third-order valence-electron chi connectivity index (χ3n) is 2.99. The molecule has 23 heavy (non-hydrogen) atoms. The lowest BCUT2D eigenvalue weighted by atomic mass is 10.1. The van der Waals surface area contributed by atoms with E-state index in [1.807, 2.05) is 0 Å². The number of nitrogens with two attached hydrogens (primary N) is 1. The summed E-state index contributed by atoms with van der Waals surface area (Å²) in [5.74, 6) is 7.07. The Hall–Kier alpha value is -2.87. The summed E-state index contributed by atoms with van der Waals surface area (Å²) in [4.78, 5) is 0. The third-order valence-corrected chi connectivity index (χ3v) is 2.99. The molecule has 0 radical (unpaired) electrons. The SMILES string of the molecule is Cc1nnc(N/N=C/c2ccc(-c3ccccc3F)o2)n1N.Cl. The Morgan fingerprint density at radius 1 is 1.26 bits per heavy atom. The van der Waals surface area contributed by atoms with Gasteiger partial charge in [0.2, 0.25) is 0 Å². The topological polar surface area (TPSA) is 94.3 Å². The van der Waals surface area contributed by atoms with Crippen LogP contribution in [0.3, 0.4) is 0 Å². The highest BCUT2D eigenvalue weighted by atomic mass is 35.5. The Kier molecular flexibility index (Phi) is 4.97. The summed E-state index contributed by atoms with van der Waals surface area (Å²) in [6.07, 6.45) is 1.44. The highest BCUT2D eigenvalue weighted by Gasteiger charge is 2.08. The molecule has 3 aromatic rings. The first-order valence-corrected chi connectivity index (χ1v) is 6.46. The molecule has 2 aromatic heterocycles. The van der Waals surface area contributed by atoms with Gasteiger partial charge in [-0.3, -0.25) is 0 Å². The maximum atomic E-state index is 13.7. The summed E-state index contributed by atoms with van der Waals surface area (Å²) in [7, 11) is 0. The summed E-state index contributed by atoms with van der Waals surface area (Å²) in [5.41, 5.74) is 3.04. The van der Waals surface area contributed by atoms with Crippen molar-refractivity contribution in [3.05, 3.63) is 53.8 Å². The average Bonchev–Trinajstić information content (AvgIpc) is 3.10. The molecule has 0 saturated heterocycles. The van der Waals surface area contributed by atoms with Crippen LogP contribution in [0.4, 0.5) is 10.3 Å². The Morgan fingerprint density at radius 3 is 2.74 bits per heavy atom. The number of rotatable bonds is 4. The van der Waals surface area contributed by atoms with Crippen LogP contribution in [0.1, 0.15) is 11.6 Å². The molecule has 0 aliphatic heterocycles. The van der Waals surface area contributed by atoms with Gasteiger partial charge in [-0.05, 0) is 31.2 Å². The van der Waals surface area contributed by atoms with E-state index < -0.39 is 0 Å². The van der Waals surface area contributed by atoms with E-state index in [1.165, 1.54) is 17.0 Å². The fourth-order valence-corrected chi connectivity index (χ4v) is 1.83. The first-order chi connectivity index (χ1) is 10.6. The lowest BCUT2D eigenvalue weighted by molar-refractivity contribution is 0.563. The van der Waals surface area contributed by atoms with E-state index in [0.29, 0.717) is 28.9 Å². The first-order valence-electron chi connectivity index (χ1n) is 6.46. The number of nitrogens with one attached hydrogen (secondary N) is 1. The fraction of sp³-hybridized carbons (Fsp3) is 0.0714. The Labute approximate surface area is 137 Å². The molecule has 2 heterocycles. The molecule has 0 aliphatic rings. The van der Waals surface area contributed by atoms with Crippen molar-refractivity contribution in [2.24, 2.45) is 5.10 Å². The Bertz CT molecular complexity index is 828. The number of benzene rings is 1. The molecule has 0 unspecified atom stereocenters. The van der Waals surface area contributed by atoms with Crippen molar-refractivity contribution in [1.82, 2.24) is 14.9 Å². The maximum Gasteiger partial charge on any atom is 0.263 e. The van der Waals surface area contributed by atoms with Crippen LogP contribution < -0.4 is 11.3 Å². The predicted molar refractivity (Wildman–Crippen MR) is 87.5 cm³/mol. The molecule has 0 bridgehead atoms. The van der Waals surface area contributed by atoms with Crippen molar-refractivity contribution in [3.8, 4) is 11.3 Å². The van der Waals surface area contributed by atoms with Gasteiger partial charge in [0.15, 0.2) is 5.82 Å². The van der Waals surface area contributed by atoms with Crippen molar-refractivity contribution in [1.29, 1.82) is 0 Å². The number of furan rings is 1. The number of hydrogen-bond acceptors (Lipinski definition) is 6. The van der Waals surface area contributed by atoms with Gasteiger partial charge in [-0.15, -0.1) is 22.6 Å². The minimum Gasteiger partial charge on any atom is -0.455 e. The second kappa shape index (κ2) is 6.93. The van der Waals surface area contributed by atoms with Crippen LogP contribution in [0, 0.1) is 12.7 Å². The molecule has 3 rings (SSSR count). The maximum absolute atomic E-state index is 13.7. The molecule has 0 fully saturated rings. The van der Waals surface area contributed by atoms with Crippen molar-refractivity contribution in [2.75, 3.05) is 11.3 Å². The van der Waals surface area contributed by atoms with Gasteiger partial charge in [-0.25, -0.2) is 14.5 Å². The standard InChI is InChI=1S/C14H13FN6O.ClH/c1-9-18-20-14(21(9)16)19-17-8-10-6-7-13(22-10)11-4-2-3-5-12(11)15;/h2-8H,16H2,1H3,(H,19,20);1H/b17-8+;. The summed E-state index contributed by atoms with van der Waals surface area (Å²) < 4.78 is 20.5. The molecule has 0 amide bonds. The van der Waals surface area contributed by atoms with E-state index >= 15 is 0 Å². The molecule has 0 spiro atoms. The number of nitrogen functional groups attached to an aromatic ring is 1. The zero-order chi connectivity index (χ0) is 15.5. The summed E-state index contributed by atoms with van der Waals surface area (Å²) in [5, 5.41) is 11.5. The molecule has 7 nitrogen and oxygen atoms in total. The van der Waals surface area contributed by atoms with Gasteiger partial charge in [-0.1, -0.05) is 12.1 Å². The number of hydrazone groups is 1. The molecular weight excluding hydrogens is 323 g/mol. The van der Waals surface area contributed by atoms with Crippen LogP contribution in [0.5, 0.6) is 0 Å². The van der Waals surface area contributed by atoms with Crippen LogP contribution in [0.25, 0.3) is 11.3 Å². The second-order valence-electron chi connectivity index (χ2n) is 4.49. The number of halogens is 2. The monoisotopic (exact) mass is 336 g/mol. The number of nitrogens with zero attached hydrogens (tertiary/aromatic N) is 4. The average molecular weight is 337 g/mol. The van der Waals surface area contributed by atoms with Crippen LogP contribution >= 0.6 is 12.4 Å². The quantitative estimate of drug-likeness (QED) is 0.434. The van der Waals surface area contributed by atoms with Gasteiger partial charge < -0.3 is 10.3 Å². The molecule has 3 N–H and O–H groups in total. The van der Waals surface area contributed by atoms with Crippen molar-refractivity contribution < 1.29 is 8.81 Å². The zero-order valence-electron chi connectivity index (χ0n) is 12.1. The van der Waals surface area contributed by atoms with Crippen molar-refractivity contribution in [2.45, 2.75) is 6.92 Å². The number of aromatic nitrogens is 3. The fourth-order valence-electron chi connectivity index (χ4n) is 1.83. The van der Waals surface area contributed by atoms with E-state index in [2.05, 4.69) is 20.7 Å². The van der Waals surface area contributed by atoms with Gasteiger partial charge in [0.1, 0.15) is 17.3 Å². The zero-order valence-corrected chi connectivity index (χ0v) is 12.9. The predicted octanol–water partition coefficient (Wildman–Crippen LogP) is 2.57. The largest absolute Gasteiger partial charge is 0.455 e. The summed E-state index contributed by atoms with van der Waals surface area (Å²) in [6, 6.07) is 9.75. The highest BCUT2D eigenvalue weighted by Crippen LogP contribution is 2.24. The number of aryl methyl sites for hydroxylation is 1. The summed E-state index contributed by atoms with van der Waals surface area (Å²) >= 11 is 0. The van der Waals surface area contributed by atoms with Crippen molar-refractivity contribution >= 4 is 24.6 Å². The lowest BCUT2D eigenvalue weighted by Crippen LogP contribution is -2.13. The third kappa shape index (κ3) is 3.49. The smallest absolute Gasteiger partial charge is 0.263 e. The van der Waals surface area contributed by atoms with E-state index in [9.17, 15) is 4.39 Å². The minimum atomic E-state index is -0.342.